The van der Waals surface area contributed by atoms with Gasteiger partial charge in [0.1, 0.15) is 5.82 Å². The van der Waals surface area contributed by atoms with Crippen LogP contribution in [0.15, 0.2) is 66.9 Å². The van der Waals surface area contributed by atoms with E-state index in [4.69, 9.17) is 11.6 Å². The molecule has 2 aliphatic rings. The molecule has 3 aromatic rings. The van der Waals surface area contributed by atoms with Gasteiger partial charge in [-0.25, -0.2) is 4.98 Å². The van der Waals surface area contributed by atoms with E-state index in [1.807, 2.05) is 30.3 Å². The van der Waals surface area contributed by atoms with Gasteiger partial charge in [-0.05, 0) is 61.8 Å². The van der Waals surface area contributed by atoms with Crippen molar-refractivity contribution in [3.05, 3.63) is 77.4 Å². The first-order valence-corrected chi connectivity index (χ1v) is 13.0. The number of benzene rings is 2. The molecule has 5 rings (SSSR count). The lowest BCUT2D eigenvalue weighted by Crippen LogP contribution is -2.46. The van der Waals surface area contributed by atoms with E-state index in [0.717, 1.165) is 64.0 Å². The summed E-state index contributed by atoms with van der Waals surface area (Å²) in [4.78, 5) is 26.6. The zero-order chi connectivity index (χ0) is 24.0. The Labute approximate surface area is 212 Å². The molecule has 1 N–H and O–H groups in total. The average Bonchev–Trinajstić information content (AvgIpc) is 2.91. The van der Waals surface area contributed by atoms with Crippen molar-refractivity contribution in [3.8, 4) is 0 Å². The summed E-state index contributed by atoms with van der Waals surface area (Å²) in [5.41, 5.74) is 2.22. The predicted octanol–water partition coefficient (Wildman–Crippen LogP) is 5.57. The molecule has 0 atom stereocenters. The van der Waals surface area contributed by atoms with Crippen LogP contribution in [-0.2, 0) is 11.2 Å². The van der Waals surface area contributed by atoms with Crippen LogP contribution in [-0.4, -0.2) is 47.0 Å². The van der Waals surface area contributed by atoms with Crippen molar-refractivity contribution >= 4 is 35.0 Å². The number of para-hydroxylation sites is 1. The molecule has 7 heteroatoms. The molecule has 2 aromatic carbocycles. The fourth-order valence-corrected chi connectivity index (χ4v) is 5.34. The third-order valence-corrected chi connectivity index (χ3v) is 7.53. The van der Waals surface area contributed by atoms with Crippen molar-refractivity contribution in [2.45, 2.75) is 32.1 Å². The third kappa shape index (κ3) is 5.93. The lowest BCUT2D eigenvalue weighted by molar-refractivity contribution is -0.137. The molecule has 0 spiro atoms. The second kappa shape index (κ2) is 11.1. The number of likely N-dealkylation sites (tertiary alicyclic amines) is 1. The summed E-state index contributed by atoms with van der Waals surface area (Å²) < 4.78 is 0. The van der Waals surface area contributed by atoms with E-state index in [-0.39, 0.29) is 5.92 Å². The van der Waals surface area contributed by atoms with Crippen LogP contribution in [0.1, 0.15) is 31.2 Å². The zero-order valence-corrected chi connectivity index (χ0v) is 20.7. The molecule has 35 heavy (non-hydrogen) atoms. The van der Waals surface area contributed by atoms with Gasteiger partial charge >= 0.3 is 0 Å². The molecule has 0 bridgehead atoms. The predicted molar refractivity (Wildman–Crippen MR) is 141 cm³/mol. The number of hydrogen-bond acceptors (Lipinski definition) is 5. The normalized spacial score (nSPS) is 17.4. The van der Waals surface area contributed by atoms with Crippen LogP contribution in [0.3, 0.4) is 0 Å². The van der Waals surface area contributed by atoms with Crippen molar-refractivity contribution in [2.75, 3.05) is 36.4 Å². The number of aromatic nitrogens is 2. The number of nitrogens with zero attached hydrogens (tertiary/aromatic N) is 4. The lowest BCUT2D eigenvalue weighted by Gasteiger charge is -2.37. The van der Waals surface area contributed by atoms with E-state index in [0.29, 0.717) is 28.6 Å². The van der Waals surface area contributed by atoms with Crippen molar-refractivity contribution < 1.29 is 4.79 Å². The highest BCUT2D eigenvalue weighted by atomic mass is 35.5. The Morgan fingerprint density at radius 2 is 1.63 bits per heavy atom. The average molecular weight is 490 g/mol. The fourth-order valence-electron chi connectivity index (χ4n) is 5.16. The molecule has 1 amide bonds. The molecule has 2 saturated heterocycles. The van der Waals surface area contributed by atoms with E-state index >= 15 is 0 Å². The summed E-state index contributed by atoms with van der Waals surface area (Å²) >= 11 is 6.26. The summed E-state index contributed by atoms with van der Waals surface area (Å²) in [5, 5.41) is 3.92. The number of hydrogen-bond donors (Lipinski definition) is 1. The van der Waals surface area contributed by atoms with Gasteiger partial charge < -0.3 is 15.1 Å². The van der Waals surface area contributed by atoms with E-state index in [1.54, 1.807) is 6.20 Å². The molecule has 6 nitrogen and oxygen atoms in total. The van der Waals surface area contributed by atoms with Gasteiger partial charge in [-0.2, -0.15) is 4.98 Å². The summed E-state index contributed by atoms with van der Waals surface area (Å²) in [7, 11) is 0. The van der Waals surface area contributed by atoms with Crippen LogP contribution >= 0.6 is 11.6 Å². The van der Waals surface area contributed by atoms with Crippen molar-refractivity contribution in [1.82, 2.24) is 14.9 Å². The molecule has 0 radical (unpaired) electrons. The van der Waals surface area contributed by atoms with Gasteiger partial charge in [0.15, 0.2) is 0 Å². The van der Waals surface area contributed by atoms with Gasteiger partial charge in [-0.1, -0.05) is 54.1 Å². The van der Waals surface area contributed by atoms with Gasteiger partial charge in [0.25, 0.3) is 0 Å². The van der Waals surface area contributed by atoms with Gasteiger partial charge in [0.05, 0.1) is 10.7 Å². The van der Waals surface area contributed by atoms with Crippen LogP contribution in [0.5, 0.6) is 0 Å². The minimum atomic E-state index is 0.0985. The summed E-state index contributed by atoms with van der Waals surface area (Å²) in [5.74, 6) is 2.50. The van der Waals surface area contributed by atoms with Crippen LogP contribution in [0.2, 0.25) is 5.02 Å². The van der Waals surface area contributed by atoms with E-state index < -0.39 is 0 Å². The number of anilines is 3. The highest BCUT2D eigenvalue weighted by Crippen LogP contribution is 2.28. The first-order valence-electron chi connectivity index (χ1n) is 12.6. The van der Waals surface area contributed by atoms with E-state index in [1.165, 1.54) is 5.56 Å². The molecule has 2 fully saturated rings. The van der Waals surface area contributed by atoms with E-state index in [2.05, 4.69) is 55.4 Å². The smallest absolute Gasteiger partial charge is 0.227 e. The third-order valence-electron chi connectivity index (χ3n) is 7.20. The Kier molecular flexibility index (Phi) is 7.48. The molecule has 0 saturated carbocycles. The Morgan fingerprint density at radius 1 is 0.914 bits per heavy atom. The topological polar surface area (TPSA) is 61.4 Å². The van der Waals surface area contributed by atoms with Gasteiger partial charge in [0, 0.05) is 38.3 Å². The maximum absolute atomic E-state index is 13.2. The van der Waals surface area contributed by atoms with Gasteiger partial charge in [0.2, 0.25) is 11.9 Å². The van der Waals surface area contributed by atoms with Crippen molar-refractivity contribution in [3.63, 3.8) is 0 Å². The highest BCUT2D eigenvalue weighted by molar-refractivity contribution is 6.33. The number of carbonyl (C=O) groups is 1. The SMILES string of the molecule is O=C(C1CCN(c2nccc(Nc3ccccc3Cl)n2)CC1)N1CCC(Cc2ccccc2)CC1. The quantitative estimate of drug-likeness (QED) is 0.490. The molecule has 0 unspecified atom stereocenters. The summed E-state index contributed by atoms with van der Waals surface area (Å²) in [6.45, 7) is 3.34. The number of piperidine rings is 2. The van der Waals surface area contributed by atoms with E-state index in [9.17, 15) is 4.79 Å². The molecule has 182 valence electrons. The first-order chi connectivity index (χ1) is 17.2. The molecular weight excluding hydrogens is 458 g/mol. The van der Waals surface area contributed by atoms with Crippen molar-refractivity contribution in [2.24, 2.45) is 11.8 Å². The molecule has 1 aromatic heterocycles. The highest BCUT2D eigenvalue weighted by Gasteiger charge is 2.31. The monoisotopic (exact) mass is 489 g/mol. The Morgan fingerprint density at radius 3 is 2.37 bits per heavy atom. The second-order valence-corrected chi connectivity index (χ2v) is 9.97. The number of amides is 1. The minimum absolute atomic E-state index is 0.0985. The minimum Gasteiger partial charge on any atom is -0.342 e. The molecule has 0 aliphatic carbocycles. The number of rotatable bonds is 6. The van der Waals surface area contributed by atoms with Crippen molar-refractivity contribution in [1.29, 1.82) is 0 Å². The maximum Gasteiger partial charge on any atom is 0.227 e. The van der Waals surface area contributed by atoms with Gasteiger partial charge in [-0.15, -0.1) is 0 Å². The van der Waals surface area contributed by atoms with Crippen LogP contribution in [0, 0.1) is 11.8 Å². The van der Waals surface area contributed by atoms with Crippen LogP contribution in [0.4, 0.5) is 17.5 Å². The first kappa shape index (κ1) is 23.6. The molecule has 3 heterocycles. The largest absolute Gasteiger partial charge is 0.342 e. The number of halogens is 1. The maximum atomic E-state index is 13.2. The van der Waals surface area contributed by atoms with Crippen LogP contribution in [0.25, 0.3) is 0 Å². The standard InChI is InChI=1S/C28H32ClN5O/c29-24-8-4-5-9-25(24)31-26-10-15-30-28(32-26)34-18-13-23(14-19-34)27(35)33-16-11-22(12-17-33)20-21-6-2-1-3-7-21/h1-10,15,22-23H,11-14,16-20H2,(H,30,31,32). The Hall–Kier alpha value is -3.12. The number of carbonyl (C=O) groups excluding carboxylic acids is 1. The van der Waals surface area contributed by atoms with Gasteiger partial charge in [-0.3, -0.25) is 4.79 Å². The summed E-state index contributed by atoms with van der Waals surface area (Å²) in [6.07, 6.45) is 6.75. The molecular formula is C28H32ClN5O. The fraction of sp³-hybridized carbons (Fsp3) is 0.393. The zero-order valence-electron chi connectivity index (χ0n) is 19.9. The molecule has 2 aliphatic heterocycles. The number of nitrogens with one attached hydrogen (secondary N) is 1. The Bertz CT molecular complexity index is 1120. The second-order valence-electron chi connectivity index (χ2n) is 9.57. The Balaban J connectivity index is 1.11. The summed E-state index contributed by atoms with van der Waals surface area (Å²) in [6, 6.07) is 20.1. The lowest BCUT2D eigenvalue weighted by atomic mass is 9.88. The van der Waals surface area contributed by atoms with Crippen LogP contribution < -0.4 is 10.2 Å².